The maximum Gasteiger partial charge on any atom is 0.141 e. The fourth-order valence-corrected chi connectivity index (χ4v) is 4.47. The van der Waals surface area contributed by atoms with Crippen molar-refractivity contribution < 1.29 is 0 Å². The monoisotopic (exact) mass is 354 g/mol. The summed E-state index contributed by atoms with van der Waals surface area (Å²) in [7, 11) is 0. The SMILES string of the molecule is NC(=Nc1ccc2c(c1)N(CCCN1CCCC1)CC2)c1cccs1. The molecule has 0 amide bonds. The molecule has 5 heteroatoms. The van der Waals surface area contributed by atoms with Crippen LogP contribution in [0.3, 0.4) is 0 Å². The van der Waals surface area contributed by atoms with Crippen molar-refractivity contribution in [1.29, 1.82) is 0 Å². The third kappa shape index (κ3) is 3.88. The molecule has 0 saturated carbocycles. The van der Waals surface area contributed by atoms with Gasteiger partial charge in [0.15, 0.2) is 0 Å². The number of anilines is 1. The molecule has 0 unspecified atom stereocenters. The van der Waals surface area contributed by atoms with Crippen LogP contribution in [0, 0.1) is 0 Å². The van der Waals surface area contributed by atoms with Crippen LogP contribution < -0.4 is 10.6 Å². The molecule has 0 atom stereocenters. The van der Waals surface area contributed by atoms with E-state index in [0.29, 0.717) is 5.84 Å². The Morgan fingerprint density at radius 1 is 1.12 bits per heavy atom. The Morgan fingerprint density at radius 3 is 2.80 bits per heavy atom. The van der Waals surface area contributed by atoms with Crippen LogP contribution in [0.1, 0.15) is 29.7 Å². The number of hydrogen-bond donors (Lipinski definition) is 1. The second-order valence-corrected chi connectivity index (χ2v) is 7.87. The van der Waals surface area contributed by atoms with E-state index in [1.165, 1.54) is 50.1 Å². The highest BCUT2D eigenvalue weighted by atomic mass is 32.1. The normalized spacial score (nSPS) is 18.1. The number of rotatable bonds is 6. The van der Waals surface area contributed by atoms with E-state index in [-0.39, 0.29) is 0 Å². The fraction of sp³-hybridized carbons (Fsp3) is 0.450. The van der Waals surface area contributed by atoms with Crippen LogP contribution in [0.5, 0.6) is 0 Å². The molecule has 1 fully saturated rings. The topological polar surface area (TPSA) is 44.9 Å². The summed E-state index contributed by atoms with van der Waals surface area (Å²) < 4.78 is 0. The second kappa shape index (κ2) is 7.58. The largest absolute Gasteiger partial charge is 0.383 e. The first-order valence-electron chi connectivity index (χ1n) is 9.28. The lowest BCUT2D eigenvalue weighted by molar-refractivity contribution is 0.335. The van der Waals surface area contributed by atoms with Crippen molar-refractivity contribution in [3.05, 3.63) is 46.2 Å². The fourth-order valence-electron chi connectivity index (χ4n) is 3.85. The van der Waals surface area contributed by atoms with E-state index in [4.69, 9.17) is 5.73 Å². The summed E-state index contributed by atoms with van der Waals surface area (Å²) in [5.41, 5.74) is 9.89. The van der Waals surface area contributed by atoms with Crippen LogP contribution in [0.15, 0.2) is 40.7 Å². The second-order valence-electron chi connectivity index (χ2n) is 6.93. The molecule has 2 N–H and O–H groups in total. The maximum atomic E-state index is 6.14. The third-order valence-corrected chi connectivity index (χ3v) is 6.08. The maximum absolute atomic E-state index is 6.14. The summed E-state index contributed by atoms with van der Waals surface area (Å²) in [5, 5.41) is 2.03. The molecular formula is C20H26N4S. The van der Waals surface area contributed by atoms with E-state index in [1.807, 2.05) is 17.5 Å². The summed E-state index contributed by atoms with van der Waals surface area (Å²) in [6, 6.07) is 10.5. The zero-order valence-corrected chi connectivity index (χ0v) is 15.5. The molecule has 2 aliphatic rings. The smallest absolute Gasteiger partial charge is 0.141 e. The van der Waals surface area contributed by atoms with Gasteiger partial charge in [0.25, 0.3) is 0 Å². The average molecular weight is 355 g/mol. The van der Waals surface area contributed by atoms with Gasteiger partial charge in [0.05, 0.1) is 10.6 Å². The first kappa shape index (κ1) is 16.6. The Balaban J connectivity index is 1.42. The number of thiophene rings is 1. The lowest BCUT2D eigenvalue weighted by Crippen LogP contribution is -2.27. The van der Waals surface area contributed by atoms with Crippen molar-refractivity contribution in [3.63, 3.8) is 0 Å². The molecule has 4 nitrogen and oxygen atoms in total. The molecule has 4 rings (SSSR count). The van der Waals surface area contributed by atoms with Crippen LogP contribution in [0.25, 0.3) is 0 Å². The molecule has 1 aromatic heterocycles. The van der Waals surface area contributed by atoms with E-state index in [0.717, 1.165) is 30.1 Å². The molecule has 3 heterocycles. The number of nitrogens with two attached hydrogens (primary N) is 1. The quantitative estimate of drug-likeness (QED) is 0.636. The molecule has 0 spiro atoms. The van der Waals surface area contributed by atoms with Gasteiger partial charge < -0.3 is 15.5 Å². The number of benzene rings is 1. The molecule has 0 bridgehead atoms. The molecule has 1 aromatic carbocycles. The summed E-state index contributed by atoms with van der Waals surface area (Å²) >= 11 is 1.63. The van der Waals surface area contributed by atoms with Crippen LogP contribution in [-0.4, -0.2) is 43.5 Å². The Kier molecular flexibility index (Phi) is 5.04. The van der Waals surface area contributed by atoms with Crippen molar-refractivity contribution in [2.45, 2.75) is 25.7 Å². The van der Waals surface area contributed by atoms with Gasteiger partial charge >= 0.3 is 0 Å². The minimum Gasteiger partial charge on any atom is -0.383 e. The summed E-state index contributed by atoms with van der Waals surface area (Å²) in [6.45, 7) is 6.07. The molecule has 25 heavy (non-hydrogen) atoms. The van der Waals surface area contributed by atoms with E-state index >= 15 is 0 Å². The van der Waals surface area contributed by atoms with Gasteiger partial charge in [-0.05, 0) is 74.5 Å². The Hall–Kier alpha value is -1.85. The van der Waals surface area contributed by atoms with Crippen molar-refractivity contribution in [2.75, 3.05) is 37.6 Å². The highest BCUT2D eigenvalue weighted by molar-refractivity contribution is 7.12. The van der Waals surface area contributed by atoms with E-state index < -0.39 is 0 Å². The van der Waals surface area contributed by atoms with Gasteiger partial charge in [0, 0.05) is 18.8 Å². The van der Waals surface area contributed by atoms with Crippen molar-refractivity contribution in [1.82, 2.24) is 4.90 Å². The zero-order chi connectivity index (χ0) is 17.1. The van der Waals surface area contributed by atoms with E-state index in [2.05, 4.69) is 33.0 Å². The predicted octanol–water partition coefficient (Wildman–Crippen LogP) is 3.63. The van der Waals surface area contributed by atoms with Crippen molar-refractivity contribution >= 4 is 28.5 Å². The van der Waals surface area contributed by atoms with Crippen molar-refractivity contribution in [3.8, 4) is 0 Å². The lowest BCUT2D eigenvalue weighted by Gasteiger charge is -2.22. The number of amidine groups is 1. The standard InChI is InChI=1S/C20H26N4S/c21-20(19-5-3-14-25-19)22-17-7-6-16-8-13-24(18(16)15-17)12-4-11-23-9-1-2-10-23/h3,5-7,14-15H,1-2,4,8-13H2,(H2,21,22). The highest BCUT2D eigenvalue weighted by Crippen LogP contribution is 2.32. The van der Waals surface area contributed by atoms with E-state index in [1.54, 1.807) is 11.3 Å². The number of hydrogen-bond acceptors (Lipinski definition) is 4. The Labute approximate surface area is 154 Å². The lowest BCUT2D eigenvalue weighted by atomic mass is 10.1. The molecule has 0 radical (unpaired) electrons. The first-order valence-corrected chi connectivity index (χ1v) is 10.2. The molecule has 2 aromatic rings. The summed E-state index contributed by atoms with van der Waals surface area (Å²) in [5.74, 6) is 0.605. The number of aliphatic imine (C=N–C) groups is 1. The molecule has 2 aliphatic heterocycles. The number of fused-ring (bicyclic) bond motifs is 1. The zero-order valence-electron chi connectivity index (χ0n) is 14.7. The van der Waals surface area contributed by atoms with Gasteiger partial charge in [-0.2, -0.15) is 0 Å². The van der Waals surface area contributed by atoms with Crippen molar-refractivity contribution in [2.24, 2.45) is 10.7 Å². The van der Waals surface area contributed by atoms with Crippen LogP contribution in [-0.2, 0) is 6.42 Å². The van der Waals surface area contributed by atoms with E-state index in [9.17, 15) is 0 Å². The average Bonchev–Trinajstić information content (AvgIpc) is 3.37. The van der Waals surface area contributed by atoms with Gasteiger partial charge in [-0.25, -0.2) is 4.99 Å². The summed E-state index contributed by atoms with van der Waals surface area (Å²) in [4.78, 5) is 10.8. The predicted molar refractivity (Wildman–Crippen MR) is 107 cm³/mol. The number of nitrogens with zero attached hydrogens (tertiary/aromatic N) is 3. The molecule has 0 aliphatic carbocycles. The van der Waals surface area contributed by atoms with Crippen LogP contribution in [0.4, 0.5) is 11.4 Å². The van der Waals surface area contributed by atoms with Gasteiger partial charge in [0.1, 0.15) is 5.84 Å². The first-order chi connectivity index (χ1) is 12.3. The number of likely N-dealkylation sites (tertiary alicyclic amines) is 1. The van der Waals surface area contributed by atoms with Crippen LogP contribution >= 0.6 is 11.3 Å². The van der Waals surface area contributed by atoms with Gasteiger partial charge in [-0.1, -0.05) is 12.1 Å². The Morgan fingerprint density at radius 2 is 2.00 bits per heavy atom. The summed E-state index contributed by atoms with van der Waals surface area (Å²) in [6.07, 6.45) is 5.13. The third-order valence-electron chi connectivity index (χ3n) is 5.18. The highest BCUT2D eigenvalue weighted by Gasteiger charge is 2.20. The van der Waals surface area contributed by atoms with Gasteiger partial charge in [-0.15, -0.1) is 11.3 Å². The Bertz CT molecular complexity index is 732. The molecule has 1 saturated heterocycles. The van der Waals surface area contributed by atoms with Crippen LogP contribution in [0.2, 0.25) is 0 Å². The minimum absolute atomic E-state index is 0.605. The molecule has 132 valence electrons. The van der Waals surface area contributed by atoms with Gasteiger partial charge in [-0.3, -0.25) is 0 Å². The molecular weight excluding hydrogens is 328 g/mol. The van der Waals surface area contributed by atoms with Gasteiger partial charge in [0.2, 0.25) is 0 Å². The minimum atomic E-state index is 0.605.